The molecule has 0 saturated carbocycles. The van der Waals surface area contributed by atoms with Gasteiger partial charge in [0.05, 0.1) is 16.0 Å². The summed E-state index contributed by atoms with van der Waals surface area (Å²) < 4.78 is 15.7. The van der Waals surface area contributed by atoms with Crippen molar-refractivity contribution in [2.45, 2.75) is 55.7 Å². The second kappa shape index (κ2) is 11.8. The van der Waals surface area contributed by atoms with Gasteiger partial charge in [0.15, 0.2) is 5.13 Å². The van der Waals surface area contributed by atoms with E-state index in [9.17, 15) is 18.8 Å². The van der Waals surface area contributed by atoms with Gasteiger partial charge in [0.2, 0.25) is 11.8 Å². The average molecular weight is 519 g/mol. The van der Waals surface area contributed by atoms with Crippen LogP contribution in [0.2, 0.25) is 0 Å². The van der Waals surface area contributed by atoms with E-state index in [4.69, 9.17) is 0 Å². The zero-order valence-electron chi connectivity index (χ0n) is 20.5. The third kappa shape index (κ3) is 6.49. The number of carbonyl (C=O) groups excluding carboxylic acids is 3. The molecule has 1 aliphatic heterocycles. The highest BCUT2D eigenvalue weighted by Gasteiger charge is 2.28. The quantitative estimate of drug-likeness (QED) is 0.523. The predicted molar refractivity (Wildman–Crippen MR) is 137 cm³/mol. The van der Waals surface area contributed by atoms with E-state index in [0.717, 1.165) is 15.5 Å². The Balaban J connectivity index is 1.77. The summed E-state index contributed by atoms with van der Waals surface area (Å²) in [6, 6.07) is 2.75. The zero-order chi connectivity index (χ0) is 25.7. The van der Waals surface area contributed by atoms with Crippen LogP contribution >= 0.6 is 23.1 Å². The molecule has 0 bridgehead atoms. The SMILES string of the molecule is C=CC(=O)N1CCCN(C(=O)c2cc(Sc3cnc(NC(=O)C(C)CC)s3)c(C)cc2F)C[C@H]1C. The summed E-state index contributed by atoms with van der Waals surface area (Å²) >= 11 is 2.71. The Hall–Kier alpha value is -2.72. The summed E-state index contributed by atoms with van der Waals surface area (Å²) in [5.74, 6) is -1.32. The van der Waals surface area contributed by atoms with Crippen LogP contribution in [0.1, 0.15) is 49.5 Å². The lowest BCUT2D eigenvalue weighted by atomic mass is 10.1. The smallest absolute Gasteiger partial charge is 0.256 e. The number of aromatic nitrogens is 1. The number of benzene rings is 1. The predicted octanol–water partition coefficient (Wildman–Crippen LogP) is 4.98. The minimum absolute atomic E-state index is 0.00334. The van der Waals surface area contributed by atoms with Crippen molar-refractivity contribution in [2.24, 2.45) is 5.92 Å². The molecular formula is C25H31FN4O3S2. The van der Waals surface area contributed by atoms with Crippen molar-refractivity contribution in [3.05, 3.63) is 47.9 Å². The van der Waals surface area contributed by atoms with E-state index in [-0.39, 0.29) is 29.3 Å². The molecule has 0 aliphatic carbocycles. The molecule has 1 saturated heterocycles. The van der Waals surface area contributed by atoms with Crippen LogP contribution in [0.25, 0.3) is 0 Å². The van der Waals surface area contributed by atoms with Crippen LogP contribution in [0.3, 0.4) is 0 Å². The largest absolute Gasteiger partial charge is 0.336 e. The van der Waals surface area contributed by atoms with E-state index in [1.165, 1.54) is 35.2 Å². The number of nitrogens with zero attached hydrogens (tertiary/aromatic N) is 3. The van der Waals surface area contributed by atoms with Crippen molar-refractivity contribution in [1.29, 1.82) is 0 Å². The van der Waals surface area contributed by atoms with Gasteiger partial charge in [-0.2, -0.15) is 0 Å². The van der Waals surface area contributed by atoms with Gasteiger partial charge < -0.3 is 15.1 Å². The van der Waals surface area contributed by atoms with Crippen LogP contribution in [0.5, 0.6) is 0 Å². The van der Waals surface area contributed by atoms with Crippen molar-refractivity contribution in [3.8, 4) is 0 Å². The number of hydrogen-bond acceptors (Lipinski definition) is 6. The normalized spacial score (nSPS) is 17.0. The molecule has 1 aromatic carbocycles. The molecule has 2 heterocycles. The number of hydrogen-bond donors (Lipinski definition) is 1. The lowest BCUT2D eigenvalue weighted by Gasteiger charge is -2.28. The van der Waals surface area contributed by atoms with E-state index in [2.05, 4.69) is 16.9 Å². The molecule has 1 fully saturated rings. The fourth-order valence-corrected chi connectivity index (χ4v) is 5.72. The van der Waals surface area contributed by atoms with Gasteiger partial charge in [0, 0.05) is 36.5 Å². The Kier molecular flexibility index (Phi) is 9.07. The van der Waals surface area contributed by atoms with E-state index in [0.29, 0.717) is 36.8 Å². The first-order valence-corrected chi connectivity index (χ1v) is 13.2. The molecule has 1 aromatic heterocycles. The molecule has 3 amide bonds. The maximum atomic E-state index is 14.9. The van der Waals surface area contributed by atoms with Crippen LogP contribution in [0.15, 0.2) is 40.1 Å². The highest BCUT2D eigenvalue weighted by Crippen LogP contribution is 2.37. The standard InChI is InChI=1S/C25H31FN4O3S2/c1-6-15(3)23(32)28-25-27-13-22(35-25)34-20-12-18(19(26)11-16(20)4)24(33)29-9-8-10-30(17(5)14-29)21(31)7-2/h7,11-13,15,17H,2,6,8-10,14H2,1,3-5H3,(H,27,28,32)/t15?,17-/m1/s1. The van der Waals surface area contributed by atoms with E-state index in [1.54, 1.807) is 29.0 Å². The molecule has 35 heavy (non-hydrogen) atoms. The second-order valence-electron chi connectivity index (χ2n) is 8.67. The zero-order valence-corrected chi connectivity index (χ0v) is 22.1. The minimum atomic E-state index is -0.571. The maximum absolute atomic E-state index is 14.9. The summed E-state index contributed by atoms with van der Waals surface area (Å²) in [5.41, 5.74) is 0.707. The molecule has 1 N–H and O–H groups in total. The number of aryl methyl sites for hydroxylation is 1. The third-order valence-electron chi connectivity index (χ3n) is 6.07. The van der Waals surface area contributed by atoms with E-state index >= 15 is 0 Å². The summed E-state index contributed by atoms with van der Waals surface area (Å²) in [7, 11) is 0. The van der Waals surface area contributed by atoms with Gasteiger partial charge in [-0.3, -0.25) is 14.4 Å². The van der Waals surface area contributed by atoms with Crippen LogP contribution in [-0.4, -0.2) is 58.2 Å². The van der Waals surface area contributed by atoms with Crippen molar-refractivity contribution >= 4 is 46.0 Å². The number of rotatable bonds is 7. The highest BCUT2D eigenvalue weighted by molar-refractivity contribution is 8.01. The molecule has 1 aliphatic rings. The monoisotopic (exact) mass is 518 g/mol. The lowest BCUT2D eigenvalue weighted by Crippen LogP contribution is -2.43. The van der Waals surface area contributed by atoms with Gasteiger partial charge >= 0.3 is 0 Å². The number of amides is 3. The summed E-state index contributed by atoms with van der Waals surface area (Å²) in [6.45, 7) is 12.3. The molecule has 3 rings (SSSR count). The Labute approximate surface area is 213 Å². The Morgan fingerprint density at radius 2 is 2.11 bits per heavy atom. The van der Waals surface area contributed by atoms with Gasteiger partial charge in [-0.25, -0.2) is 9.37 Å². The number of thiazole rings is 1. The van der Waals surface area contributed by atoms with Gasteiger partial charge in [-0.05, 0) is 50.5 Å². The van der Waals surface area contributed by atoms with Crippen LogP contribution in [-0.2, 0) is 9.59 Å². The Bertz CT molecular complexity index is 1120. The molecule has 1 unspecified atom stereocenters. The number of anilines is 1. The average Bonchev–Trinajstić information content (AvgIpc) is 3.17. The summed E-state index contributed by atoms with van der Waals surface area (Å²) in [5, 5.41) is 3.33. The molecule has 2 aromatic rings. The minimum Gasteiger partial charge on any atom is -0.336 e. The van der Waals surface area contributed by atoms with Gasteiger partial charge in [0.25, 0.3) is 5.91 Å². The van der Waals surface area contributed by atoms with Crippen molar-refractivity contribution in [2.75, 3.05) is 25.0 Å². The number of nitrogens with one attached hydrogen (secondary N) is 1. The molecule has 0 spiro atoms. The van der Waals surface area contributed by atoms with Crippen molar-refractivity contribution in [3.63, 3.8) is 0 Å². The first-order chi connectivity index (χ1) is 16.6. The van der Waals surface area contributed by atoms with Crippen LogP contribution in [0.4, 0.5) is 9.52 Å². The van der Waals surface area contributed by atoms with Gasteiger partial charge in [-0.15, -0.1) is 0 Å². The van der Waals surface area contributed by atoms with Gasteiger partial charge in [0.1, 0.15) is 5.82 Å². The first kappa shape index (κ1) is 26.9. The lowest BCUT2D eigenvalue weighted by molar-refractivity contribution is -0.127. The summed E-state index contributed by atoms with van der Waals surface area (Å²) in [4.78, 5) is 45.8. The Morgan fingerprint density at radius 3 is 2.80 bits per heavy atom. The van der Waals surface area contributed by atoms with Crippen molar-refractivity contribution < 1.29 is 18.8 Å². The highest BCUT2D eigenvalue weighted by atomic mass is 32.2. The summed E-state index contributed by atoms with van der Waals surface area (Å²) in [6.07, 6.45) is 4.28. The Morgan fingerprint density at radius 1 is 1.37 bits per heavy atom. The topological polar surface area (TPSA) is 82.6 Å². The van der Waals surface area contributed by atoms with Gasteiger partial charge in [-0.1, -0.05) is 43.5 Å². The number of carbonyl (C=O) groups is 3. The fourth-order valence-electron chi connectivity index (χ4n) is 3.77. The van der Waals surface area contributed by atoms with E-state index in [1.807, 2.05) is 20.8 Å². The first-order valence-electron chi connectivity index (χ1n) is 11.6. The molecule has 0 radical (unpaired) electrons. The molecule has 7 nitrogen and oxygen atoms in total. The van der Waals surface area contributed by atoms with Crippen LogP contribution in [0, 0.1) is 18.7 Å². The number of halogens is 1. The van der Waals surface area contributed by atoms with Crippen LogP contribution < -0.4 is 5.32 Å². The third-order valence-corrected chi connectivity index (χ3v) is 8.24. The van der Waals surface area contributed by atoms with Crippen molar-refractivity contribution in [1.82, 2.24) is 14.8 Å². The molecule has 10 heteroatoms. The molecule has 188 valence electrons. The molecule has 2 atom stereocenters. The van der Waals surface area contributed by atoms with E-state index < -0.39 is 11.7 Å². The maximum Gasteiger partial charge on any atom is 0.256 e. The molecular weight excluding hydrogens is 487 g/mol. The second-order valence-corrected chi connectivity index (χ2v) is 11.0. The fraction of sp³-hybridized carbons (Fsp3) is 0.440.